The van der Waals surface area contributed by atoms with Gasteiger partial charge in [-0.2, -0.15) is 0 Å². The summed E-state index contributed by atoms with van der Waals surface area (Å²) in [6, 6.07) is 50.6. The lowest BCUT2D eigenvalue weighted by molar-refractivity contribution is 0.908. The second-order valence-electron chi connectivity index (χ2n) is 10.7. The van der Waals surface area contributed by atoms with Crippen LogP contribution in [-0.2, 0) is 6.42 Å². The zero-order chi connectivity index (χ0) is 27.3. The van der Waals surface area contributed by atoms with Gasteiger partial charge in [0.05, 0.1) is 11.0 Å². The van der Waals surface area contributed by atoms with E-state index in [1.165, 1.54) is 54.6 Å². The first-order valence-corrected chi connectivity index (χ1v) is 14.3. The zero-order valence-electron chi connectivity index (χ0n) is 22.9. The maximum atomic E-state index is 4.89. The molecule has 0 radical (unpaired) electrons. The number of para-hydroxylation sites is 2. The molecular formula is C39H28N2. The Hall–Kier alpha value is -5.21. The smallest absolute Gasteiger partial charge is 0.114 e. The first kappa shape index (κ1) is 23.7. The number of imidazole rings is 1. The fourth-order valence-corrected chi connectivity index (χ4v) is 6.47. The maximum absolute atomic E-state index is 4.89. The number of rotatable bonds is 4. The SMILES string of the molecule is CCc1nc2ccccc2n1-c1ccc(-c2c3ccccc3c(-c3ccc4ccccc4c3)c3ccccc23)cc1. The number of hydrogen-bond acceptors (Lipinski definition) is 1. The van der Waals surface area contributed by atoms with E-state index in [0.29, 0.717) is 0 Å². The highest BCUT2D eigenvalue weighted by Gasteiger charge is 2.17. The molecule has 8 aromatic rings. The molecule has 0 atom stereocenters. The molecule has 0 fully saturated rings. The van der Waals surface area contributed by atoms with E-state index in [9.17, 15) is 0 Å². The minimum Gasteiger partial charge on any atom is -0.296 e. The molecule has 0 saturated heterocycles. The molecule has 0 saturated carbocycles. The Kier molecular flexibility index (Phi) is 5.46. The first-order valence-electron chi connectivity index (χ1n) is 14.3. The van der Waals surface area contributed by atoms with Gasteiger partial charge in [-0.3, -0.25) is 4.57 Å². The molecule has 2 heteroatoms. The van der Waals surface area contributed by atoms with Gasteiger partial charge in [0.15, 0.2) is 0 Å². The molecule has 0 spiro atoms. The van der Waals surface area contributed by atoms with Gasteiger partial charge in [0, 0.05) is 12.1 Å². The second-order valence-corrected chi connectivity index (χ2v) is 10.7. The lowest BCUT2D eigenvalue weighted by atomic mass is 9.85. The minimum absolute atomic E-state index is 0.877. The van der Waals surface area contributed by atoms with Crippen LogP contribution in [0.4, 0.5) is 0 Å². The number of aryl methyl sites for hydroxylation is 1. The highest BCUT2D eigenvalue weighted by Crippen LogP contribution is 2.44. The quantitative estimate of drug-likeness (QED) is 0.209. The van der Waals surface area contributed by atoms with Crippen LogP contribution in [-0.4, -0.2) is 9.55 Å². The Morgan fingerprint density at radius 1 is 0.512 bits per heavy atom. The Labute approximate surface area is 239 Å². The van der Waals surface area contributed by atoms with Gasteiger partial charge in [0.25, 0.3) is 0 Å². The standard InChI is InChI=1S/C39H28N2/c1-2-37-40-35-17-9-10-18-36(35)41(37)30-23-21-27(22-24-30)38-31-13-5-7-15-33(31)39(34-16-8-6-14-32(34)38)29-20-19-26-11-3-4-12-28(26)25-29/h3-25H,2H2,1H3. The van der Waals surface area contributed by atoms with Gasteiger partial charge in [-0.05, 0) is 84.9 Å². The minimum atomic E-state index is 0.877. The van der Waals surface area contributed by atoms with Crippen molar-refractivity contribution < 1.29 is 0 Å². The number of fused-ring (bicyclic) bond motifs is 4. The fourth-order valence-electron chi connectivity index (χ4n) is 6.47. The molecule has 0 aliphatic rings. The van der Waals surface area contributed by atoms with Crippen molar-refractivity contribution in [2.45, 2.75) is 13.3 Å². The van der Waals surface area contributed by atoms with Gasteiger partial charge in [0.2, 0.25) is 0 Å². The van der Waals surface area contributed by atoms with E-state index in [4.69, 9.17) is 4.98 Å². The molecule has 1 aromatic heterocycles. The summed E-state index contributed by atoms with van der Waals surface area (Å²) in [5, 5.41) is 7.60. The maximum Gasteiger partial charge on any atom is 0.114 e. The summed E-state index contributed by atoms with van der Waals surface area (Å²) in [6.07, 6.45) is 0.877. The molecule has 0 bridgehead atoms. The van der Waals surface area contributed by atoms with E-state index >= 15 is 0 Å². The predicted molar refractivity (Wildman–Crippen MR) is 174 cm³/mol. The van der Waals surface area contributed by atoms with Gasteiger partial charge in [-0.25, -0.2) is 4.98 Å². The lowest BCUT2D eigenvalue weighted by Gasteiger charge is -2.18. The molecular weight excluding hydrogens is 496 g/mol. The molecule has 0 aliphatic heterocycles. The van der Waals surface area contributed by atoms with Crippen molar-refractivity contribution in [3.8, 4) is 27.9 Å². The summed E-state index contributed by atoms with van der Waals surface area (Å²) in [5.74, 6) is 1.08. The Morgan fingerprint density at radius 2 is 1.05 bits per heavy atom. The van der Waals surface area contributed by atoms with Crippen LogP contribution in [0.1, 0.15) is 12.7 Å². The van der Waals surface area contributed by atoms with Crippen molar-refractivity contribution in [3.63, 3.8) is 0 Å². The van der Waals surface area contributed by atoms with Gasteiger partial charge in [-0.1, -0.05) is 116 Å². The zero-order valence-corrected chi connectivity index (χ0v) is 22.9. The van der Waals surface area contributed by atoms with Crippen LogP contribution >= 0.6 is 0 Å². The monoisotopic (exact) mass is 524 g/mol. The van der Waals surface area contributed by atoms with E-state index in [-0.39, 0.29) is 0 Å². The van der Waals surface area contributed by atoms with E-state index in [2.05, 4.69) is 151 Å². The van der Waals surface area contributed by atoms with Crippen molar-refractivity contribution in [2.24, 2.45) is 0 Å². The third kappa shape index (κ3) is 3.76. The fraction of sp³-hybridized carbons (Fsp3) is 0.0513. The summed E-state index contributed by atoms with van der Waals surface area (Å²) in [7, 11) is 0. The molecule has 0 N–H and O–H groups in total. The number of nitrogens with zero attached hydrogens (tertiary/aromatic N) is 2. The normalized spacial score (nSPS) is 11.6. The van der Waals surface area contributed by atoms with Crippen LogP contribution in [0.5, 0.6) is 0 Å². The number of hydrogen-bond donors (Lipinski definition) is 0. The average molecular weight is 525 g/mol. The van der Waals surface area contributed by atoms with E-state index in [0.717, 1.165) is 29.0 Å². The molecule has 0 unspecified atom stereocenters. The highest BCUT2D eigenvalue weighted by molar-refractivity contribution is 6.21. The Bertz CT molecular complexity index is 2180. The summed E-state index contributed by atoms with van der Waals surface area (Å²) in [6.45, 7) is 2.17. The Morgan fingerprint density at radius 3 is 1.71 bits per heavy atom. The van der Waals surface area contributed by atoms with Crippen LogP contribution in [0.2, 0.25) is 0 Å². The van der Waals surface area contributed by atoms with Crippen molar-refractivity contribution in [1.82, 2.24) is 9.55 Å². The van der Waals surface area contributed by atoms with Crippen molar-refractivity contribution in [3.05, 3.63) is 145 Å². The first-order chi connectivity index (χ1) is 20.3. The molecule has 194 valence electrons. The topological polar surface area (TPSA) is 17.8 Å². The van der Waals surface area contributed by atoms with Crippen LogP contribution in [0.3, 0.4) is 0 Å². The highest BCUT2D eigenvalue weighted by atomic mass is 15.1. The van der Waals surface area contributed by atoms with Crippen LogP contribution in [0.15, 0.2) is 140 Å². The largest absolute Gasteiger partial charge is 0.296 e. The second kappa shape index (κ2) is 9.46. The molecule has 8 rings (SSSR count). The molecule has 41 heavy (non-hydrogen) atoms. The molecule has 1 heterocycles. The molecule has 0 aliphatic carbocycles. The van der Waals surface area contributed by atoms with Crippen molar-refractivity contribution in [2.75, 3.05) is 0 Å². The summed E-state index contributed by atoms with van der Waals surface area (Å²) in [5.41, 5.74) is 8.35. The molecule has 2 nitrogen and oxygen atoms in total. The van der Waals surface area contributed by atoms with Gasteiger partial charge >= 0.3 is 0 Å². The van der Waals surface area contributed by atoms with Crippen LogP contribution in [0, 0.1) is 0 Å². The molecule has 7 aromatic carbocycles. The van der Waals surface area contributed by atoms with Crippen molar-refractivity contribution >= 4 is 43.4 Å². The van der Waals surface area contributed by atoms with Crippen LogP contribution in [0.25, 0.3) is 71.3 Å². The van der Waals surface area contributed by atoms with E-state index in [1.807, 2.05) is 0 Å². The lowest BCUT2D eigenvalue weighted by Crippen LogP contribution is -2.00. The third-order valence-corrected chi connectivity index (χ3v) is 8.33. The summed E-state index contributed by atoms with van der Waals surface area (Å²) < 4.78 is 2.29. The number of benzene rings is 7. The van der Waals surface area contributed by atoms with E-state index in [1.54, 1.807) is 0 Å². The summed E-state index contributed by atoms with van der Waals surface area (Å²) in [4.78, 5) is 4.89. The number of aromatic nitrogens is 2. The van der Waals surface area contributed by atoms with Gasteiger partial charge in [0.1, 0.15) is 5.82 Å². The van der Waals surface area contributed by atoms with Crippen LogP contribution < -0.4 is 0 Å². The van der Waals surface area contributed by atoms with E-state index < -0.39 is 0 Å². The molecule has 0 amide bonds. The third-order valence-electron chi connectivity index (χ3n) is 8.33. The predicted octanol–water partition coefficient (Wildman–Crippen LogP) is 10.4. The summed E-state index contributed by atoms with van der Waals surface area (Å²) >= 11 is 0. The average Bonchev–Trinajstić information content (AvgIpc) is 3.42. The van der Waals surface area contributed by atoms with Crippen molar-refractivity contribution in [1.29, 1.82) is 0 Å². The van der Waals surface area contributed by atoms with Gasteiger partial charge in [-0.15, -0.1) is 0 Å². The Balaban J connectivity index is 1.36. The van der Waals surface area contributed by atoms with Gasteiger partial charge < -0.3 is 0 Å².